The largest absolute Gasteiger partial charge is 0.324 e. The van der Waals surface area contributed by atoms with Gasteiger partial charge in [0.2, 0.25) is 5.91 Å². The number of hydrogen-bond acceptors (Lipinski definition) is 4. The van der Waals surface area contributed by atoms with E-state index in [0.29, 0.717) is 0 Å². The minimum atomic E-state index is -0.416. The number of anilines is 1. The summed E-state index contributed by atoms with van der Waals surface area (Å²) in [5.74, 6) is 0.913. The molecule has 1 heterocycles. The van der Waals surface area contributed by atoms with Gasteiger partial charge in [-0.25, -0.2) is 0 Å². The second-order valence-corrected chi connectivity index (χ2v) is 5.96. The summed E-state index contributed by atoms with van der Waals surface area (Å²) in [5.41, 5.74) is 1.65. The first kappa shape index (κ1) is 15.6. The summed E-state index contributed by atoms with van der Waals surface area (Å²) in [6.45, 7) is 2.11. The molecule has 0 radical (unpaired) electrons. The van der Waals surface area contributed by atoms with Crippen LogP contribution in [0, 0.1) is 0 Å². The minimum Gasteiger partial charge on any atom is -0.324 e. The van der Waals surface area contributed by atoms with Crippen molar-refractivity contribution in [1.29, 1.82) is 0 Å². The summed E-state index contributed by atoms with van der Waals surface area (Å²) >= 11 is 1.75. The molecule has 0 aliphatic carbocycles. The lowest BCUT2D eigenvalue weighted by Gasteiger charge is -2.15. The monoisotopic (exact) mass is 304 g/mol. The van der Waals surface area contributed by atoms with Gasteiger partial charge in [-0.15, -0.1) is 11.8 Å². The van der Waals surface area contributed by atoms with Crippen LogP contribution in [-0.4, -0.2) is 28.5 Å². The number of aryl methyl sites for hydroxylation is 1. The molecule has 0 aliphatic rings. The number of nitrogens with one attached hydrogen (secondary N) is 2. The quantitative estimate of drug-likeness (QED) is 0.805. The lowest BCUT2D eigenvalue weighted by molar-refractivity contribution is -0.118. The molecule has 0 fully saturated rings. The zero-order valence-corrected chi connectivity index (χ0v) is 13.3. The number of thioether (sulfide) groups is 1. The van der Waals surface area contributed by atoms with Crippen molar-refractivity contribution in [2.75, 3.05) is 18.1 Å². The van der Waals surface area contributed by atoms with Gasteiger partial charge in [0.25, 0.3) is 0 Å². The second kappa shape index (κ2) is 7.28. The van der Waals surface area contributed by atoms with Crippen LogP contribution in [0.5, 0.6) is 0 Å². The van der Waals surface area contributed by atoms with Crippen molar-refractivity contribution < 1.29 is 4.79 Å². The smallest absolute Gasteiger partial charge is 0.246 e. The van der Waals surface area contributed by atoms with Crippen molar-refractivity contribution in [3.8, 4) is 0 Å². The molecule has 1 aromatic carbocycles. The van der Waals surface area contributed by atoms with Gasteiger partial charge in [0.05, 0.1) is 6.20 Å². The highest BCUT2D eigenvalue weighted by molar-refractivity contribution is 7.99. The predicted octanol–water partition coefficient (Wildman–Crippen LogP) is 2.43. The number of aromatic nitrogens is 2. The second-order valence-electron chi connectivity index (χ2n) is 4.62. The topological polar surface area (TPSA) is 59.0 Å². The molecule has 5 nitrogen and oxygen atoms in total. The van der Waals surface area contributed by atoms with Gasteiger partial charge in [0.1, 0.15) is 6.04 Å². The molecule has 2 aromatic rings. The fourth-order valence-corrected chi connectivity index (χ4v) is 2.80. The van der Waals surface area contributed by atoms with Gasteiger partial charge in [-0.05, 0) is 31.0 Å². The molecule has 2 rings (SSSR count). The van der Waals surface area contributed by atoms with Gasteiger partial charge in [-0.2, -0.15) is 5.10 Å². The molecular formula is C15H20N4OS. The normalized spacial score (nSPS) is 12.1. The van der Waals surface area contributed by atoms with Crippen molar-refractivity contribution in [1.82, 2.24) is 15.1 Å². The predicted molar refractivity (Wildman–Crippen MR) is 86.5 cm³/mol. The Morgan fingerprint density at radius 2 is 2.29 bits per heavy atom. The maximum Gasteiger partial charge on any atom is 0.246 e. The third kappa shape index (κ3) is 4.09. The number of benzene rings is 1. The molecule has 2 N–H and O–H groups in total. The Morgan fingerprint density at radius 3 is 2.90 bits per heavy atom. The fourth-order valence-electron chi connectivity index (χ4n) is 2.08. The van der Waals surface area contributed by atoms with E-state index in [9.17, 15) is 4.79 Å². The van der Waals surface area contributed by atoms with E-state index < -0.39 is 6.04 Å². The molecule has 0 saturated heterocycles. The number of rotatable bonds is 6. The SMILES string of the molecule is CCSc1cccc(NC(=O)C(NC)c2cnn(C)c2)c1. The Hall–Kier alpha value is -1.79. The van der Waals surface area contributed by atoms with Crippen molar-refractivity contribution in [3.63, 3.8) is 0 Å². The summed E-state index contributed by atoms with van der Waals surface area (Å²) in [5, 5.41) is 10.1. The van der Waals surface area contributed by atoms with Crippen LogP contribution in [0.2, 0.25) is 0 Å². The van der Waals surface area contributed by atoms with Crippen LogP contribution in [0.3, 0.4) is 0 Å². The third-order valence-corrected chi connectivity index (χ3v) is 3.90. The molecule has 6 heteroatoms. The van der Waals surface area contributed by atoms with E-state index in [1.165, 1.54) is 0 Å². The Balaban J connectivity index is 2.10. The average molecular weight is 304 g/mol. The number of hydrogen-bond donors (Lipinski definition) is 2. The number of nitrogens with zero attached hydrogens (tertiary/aromatic N) is 2. The first-order chi connectivity index (χ1) is 10.1. The van der Waals surface area contributed by atoms with Crippen LogP contribution in [-0.2, 0) is 11.8 Å². The summed E-state index contributed by atoms with van der Waals surface area (Å²) in [6, 6.07) is 7.46. The number of carbonyl (C=O) groups is 1. The van der Waals surface area contributed by atoms with E-state index >= 15 is 0 Å². The van der Waals surface area contributed by atoms with Crippen LogP contribution in [0.25, 0.3) is 0 Å². The Bertz CT molecular complexity index is 611. The number of likely N-dealkylation sites (N-methyl/N-ethyl adjacent to an activating group) is 1. The summed E-state index contributed by atoms with van der Waals surface area (Å²) in [4.78, 5) is 13.6. The van der Waals surface area contributed by atoms with E-state index in [2.05, 4.69) is 22.7 Å². The van der Waals surface area contributed by atoms with Crippen molar-refractivity contribution in [2.24, 2.45) is 7.05 Å². The molecule has 1 amide bonds. The van der Waals surface area contributed by atoms with Crippen molar-refractivity contribution in [3.05, 3.63) is 42.2 Å². The molecule has 1 unspecified atom stereocenters. The highest BCUT2D eigenvalue weighted by atomic mass is 32.2. The van der Waals surface area contributed by atoms with Crippen LogP contribution in [0.15, 0.2) is 41.6 Å². The standard InChI is InChI=1S/C15H20N4OS/c1-4-21-13-7-5-6-12(8-13)18-15(20)14(16-2)11-9-17-19(3)10-11/h5-10,14,16H,4H2,1-3H3,(H,18,20). The molecule has 21 heavy (non-hydrogen) atoms. The maximum absolute atomic E-state index is 12.4. The average Bonchev–Trinajstić information content (AvgIpc) is 2.87. The zero-order valence-electron chi connectivity index (χ0n) is 12.5. The molecule has 0 saturated carbocycles. The van der Waals surface area contributed by atoms with E-state index in [1.54, 1.807) is 29.7 Å². The Kier molecular flexibility index (Phi) is 5.41. The lowest BCUT2D eigenvalue weighted by Crippen LogP contribution is -2.30. The first-order valence-electron chi connectivity index (χ1n) is 6.83. The molecule has 0 bridgehead atoms. The van der Waals surface area contributed by atoms with Gasteiger partial charge in [-0.1, -0.05) is 13.0 Å². The summed E-state index contributed by atoms with van der Waals surface area (Å²) in [6.07, 6.45) is 3.54. The maximum atomic E-state index is 12.4. The van der Waals surface area contributed by atoms with Gasteiger partial charge in [0.15, 0.2) is 0 Å². The molecule has 0 aliphatic heterocycles. The Labute approximate surface area is 129 Å². The van der Waals surface area contributed by atoms with E-state index in [4.69, 9.17) is 0 Å². The van der Waals surface area contributed by atoms with Crippen molar-refractivity contribution in [2.45, 2.75) is 17.9 Å². The number of carbonyl (C=O) groups excluding carboxylic acids is 1. The lowest BCUT2D eigenvalue weighted by atomic mass is 10.1. The third-order valence-electron chi connectivity index (χ3n) is 3.02. The molecule has 1 aromatic heterocycles. The highest BCUT2D eigenvalue weighted by Gasteiger charge is 2.20. The van der Waals surface area contributed by atoms with Crippen molar-refractivity contribution >= 4 is 23.4 Å². The van der Waals surface area contributed by atoms with Crippen LogP contribution < -0.4 is 10.6 Å². The molecule has 0 spiro atoms. The fraction of sp³-hybridized carbons (Fsp3) is 0.333. The molecule has 1 atom stereocenters. The van der Waals surface area contributed by atoms with E-state index in [0.717, 1.165) is 21.9 Å². The molecular weight excluding hydrogens is 284 g/mol. The Morgan fingerprint density at radius 1 is 1.48 bits per heavy atom. The van der Waals surface area contributed by atoms with Gasteiger partial charge in [0, 0.05) is 29.4 Å². The zero-order chi connectivity index (χ0) is 15.2. The molecule has 112 valence electrons. The van der Waals surface area contributed by atoms with Gasteiger partial charge < -0.3 is 10.6 Å². The van der Waals surface area contributed by atoms with E-state index in [1.807, 2.05) is 37.5 Å². The van der Waals surface area contributed by atoms with Gasteiger partial charge in [-0.3, -0.25) is 9.48 Å². The van der Waals surface area contributed by atoms with Crippen LogP contribution in [0.1, 0.15) is 18.5 Å². The summed E-state index contributed by atoms with van der Waals surface area (Å²) in [7, 11) is 3.60. The summed E-state index contributed by atoms with van der Waals surface area (Å²) < 4.78 is 1.69. The number of amides is 1. The minimum absolute atomic E-state index is 0.0934. The van der Waals surface area contributed by atoms with E-state index in [-0.39, 0.29) is 5.91 Å². The van der Waals surface area contributed by atoms with Crippen LogP contribution >= 0.6 is 11.8 Å². The van der Waals surface area contributed by atoms with Gasteiger partial charge >= 0.3 is 0 Å². The van der Waals surface area contributed by atoms with Crippen LogP contribution in [0.4, 0.5) is 5.69 Å². The highest BCUT2D eigenvalue weighted by Crippen LogP contribution is 2.22. The first-order valence-corrected chi connectivity index (χ1v) is 7.82.